The van der Waals surface area contributed by atoms with Crippen molar-refractivity contribution in [1.82, 2.24) is 0 Å². The predicted molar refractivity (Wildman–Crippen MR) is 105 cm³/mol. The number of aliphatic hydroxyl groups excluding tert-OH is 1. The molecular weight excluding hydrogens is 328 g/mol. The first-order chi connectivity index (χ1) is 12.8. The van der Waals surface area contributed by atoms with Crippen molar-refractivity contribution in [2.45, 2.75) is 83.8 Å². The standard InChI is InChI=1S/C22H36O4/c1-2-3-4-5-6-7-8-9-13-16-22(24)26-21(17-23)19-25-18-20-14-11-10-12-15-20/h10-12,14-15,21,23H,2-9,13,16-19H2,1H3. The molecule has 4 heteroatoms. The van der Waals surface area contributed by atoms with Crippen molar-refractivity contribution in [3.05, 3.63) is 35.9 Å². The first kappa shape index (κ1) is 22.7. The summed E-state index contributed by atoms with van der Waals surface area (Å²) in [6, 6.07) is 9.81. The Labute approximate surface area is 158 Å². The summed E-state index contributed by atoms with van der Waals surface area (Å²) in [6.07, 6.45) is 10.8. The Balaban J connectivity index is 2.01. The van der Waals surface area contributed by atoms with E-state index in [1.165, 1.54) is 44.9 Å². The lowest BCUT2D eigenvalue weighted by molar-refractivity contribution is -0.155. The Bertz CT molecular complexity index is 447. The molecule has 0 aliphatic carbocycles. The molecule has 1 N–H and O–H groups in total. The first-order valence-electron chi connectivity index (χ1n) is 10.2. The molecule has 0 spiro atoms. The number of unbranched alkanes of at least 4 members (excludes halogenated alkanes) is 8. The fourth-order valence-electron chi connectivity index (χ4n) is 2.83. The van der Waals surface area contributed by atoms with Gasteiger partial charge in [0, 0.05) is 6.42 Å². The second-order valence-electron chi connectivity index (χ2n) is 6.87. The zero-order valence-electron chi connectivity index (χ0n) is 16.3. The predicted octanol–water partition coefficient (Wildman–Crippen LogP) is 5.03. The molecule has 0 bridgehead atoms. The monoisotopic (exact) mass is 364 g/mol. The normalized spacial score (nSPS) is 12.1. The zero-order chi connectivity index (χ0) is 18.9. The summed E-state index contributed by atoms with van der Waals surface area (Å²) >= 11 is 0. The minimum absolute atomic E-state index is 0.210. The summed E-state index contributed by atoms with van der Waals surface area (Å²) in [5, 5.41) is 9.35. The molecule has 0 aliphatic heterocycles. The highest BCUT2D eigenvalue weighted by Gasteiger charge is 2.13. The fraction of sp³-hybridized carbons (Fsp3) is 0.682. The van der Waals surface area contributed by atoms with E-state index >= 15 is 0 Å². The Morgan fingerprint density at radius 1 is 0.962 bits per heavy atom. The molecule has 0 amide bonds. The molecule has 0 heterocycles. The number of hydrogen-bond donors (Lipinski definition) is 1. The summed E-state index contributed by atoms with van der Waals surface area (Å²) in [4.78, 5) is 11.9. The van der Waals surface area contributed by atoms with Gasteiger partial charge in [-0.05, 0) is 12.0 Å². The highest BCUT2D eigenvalue weighted by molar-refractivity contribution is 5.69. The molecule has 148 valence electrons. The van der Waals surface area contributed by atoms with Crippen molar-refractivity contribution < 1.29 is 19.4 Å². The number of ether oxygens (including phenoxy) is 2. The Hall–Kier alpha value is -1.39. The van der Waals surface area contributed by atoms with E-state index in [-0.39, 0.29) is 19.2 Å². The van der Waals surface area contributed by atoms with Crippen LogP contribution in [0.5, 0.6) is 0 Å². The molecule has 1 aromatic rings. The third-order valence-corrected chi connectivity index (χ3v) is 4.40. The topological polar surface area (TPSA) is 55.8 Å². The lowest BCUT2D eigenvalue weighted by atomic mass is 10.1. The van der Waals surface area contributed by atoms with Crippen LogP contribution < -0.4 is 0 Å². The molecular formula is C22H36O4. The number of carbonyl (C=O) groups is 1. The lowest BCUT2D eigenvalue weighted by Gasteiger charge is -2.16. The van der Waals surface area contributed by atoms with E-state index in [4.69, 9.17) is 9.47 Å². The number of esters is 1. The molecule has 0 aliphatic rings. The second kappa shape index (κ2) is 15.8. The summed E-state index contributed by atoms with van der Waals surface area (Å²) in [5.41, 5.74) is 1.06. The van der Waals surface area contributed by atoms with Crippen LogP contribution in [0.2, 0.25) is 0 Å². The molecule has 1 rings (SSSR count). The van der Waals surface area contributed by atoms with E-state index in [1.54, 1.807) is 0 Å². The van der Waals surface area contributed by atoms with Crippen LogP contribution in [-0.4, -0.2) is 30.4 Å². The van der Waals surface area contributed by atoms with Crippen LogP contribution in [0.15, 0.2) is 30.3 Å². The molecule has 0 saturated heterocycles. The van der Waals surface area contributed by atoms with E-state index in [0.29, 0.717) is 13.0 Å². The van der Waals surface area contributed by atoms with E-state index in [2.05, 4.69) is 6.92 Å². The Kier molecular flexibility index (Phi) is 13.8. The molecule has 1 unspecified atom stereocenters. The van der Waals surface area contributed by atoms with Crippen molar-refractivity contribution >= 4 is 5.97 Å². The van der Waals surface area contributed by atoms with Crippen LogP contribution in [0.25, 0.3) is 0 Å². The van der Waals surface area contributed by atoms with Gasteiger partial charge in [-0.15, -0.1) is 0 Å². The molecule has 0 aromatic heterocycles. The van der Waals surface area contributed by atoms with Crippen molar-refractivity contribution in [2.24, 2.45) is 0 Å². The maximum atomic E-state index is 11.9. The third kappa shape index (κ3) is 12.0. The van der Waals surface area contributed by atoms with Gasteiger partial charge in [0.1, 0.15) is 6.10 Å². The van der Waals surface area contributed by atoms with Gasteiger partial charge in [-0.2, -0.15) is 0 Å². The van der Waals surface area contributed by atoms with E-state index < -0.39 is 6.10 Å². The molecule has 0 saturated carbocycles. The molecule has 0 radical (unpaired) electrons. The van der Waals surface area contributed by atoms with Gasteiger partial charge in [0.15, 0.2) is 0 Å². The molecule has 4 nitrogen and oxygen atoms in total. The average Bonchev–Trinajstić information content (AvgIpc) is 2.66. The second-order valence-corrected chi connectivity index (χ2v) is 6.87. The quantitative estimate of drug-likeness (QED) is 0.330. The van der Waals surface area contributed by atoms with Gasteiger partial charge in [-0.1, -0.05) is 88.6 Å². The number of carbonyl (C=O) groups excluding carboxylic acids is 1. The van der Waals surface area contributed by atoms with Gasteiger partial charge in [0.25, 0.3) is 0 Å². The smallest absolute Gasteiger partial charge is 0.306 e. The number of aliphatic hydroxyl groups is 1. The maximum absolute atomic E-state index is 11.9. The van der Waals surface area contributed by atoms with Crippen LogP contribution in [0.3, 0.4) is 0 Å². The van der Waals surface area contributed by atoms with Gasteiger partial charge < -0.3 is 14.6 Å². The zero-order valence-corrected chi connectivity index (χ0v) is 16.3. The fourth-order valence-corrected chi connectivity index (χ4v) is 2.83. The van der Waals surface area contributed by atoms with E-state index in [9.17, 15) is 9.90 Å². The largest absolute Gasteiger partial charge is 0.457 e. The van der Waals surface area contributed by atoms with Gasteiger partial charge in [-0.25, -0.2) is 0 Å². The molecule has 1 atom stereocenters. The van der Waals surface area contributed by atoms with Crippen molar-refractivity contribution in [3.8, 4) is 0 Å². The molecule has 0 fully saturated rings. The van der Waals surface area contributed by atoms with Crippen LogP contribution >= 0.6 is 0 Å². The summed E-state index contributed by atoms with van der Waals surface area (Å²) in [7, 11) is 0. The van der Waals surface area contributed by atoms with Crippen molar-refractivity contribution in [3.63, 3.8) is 0 Å². The first-order valence-corrected chi connectivity index (χ1v) is 10.2. The Morgan fingerprint density at radius 3 is 2.19 bits per heavy atom. The third-order valence-electron chi connectivity index (χ3n) is 4.40. The summed E-state index contributed by atoms with van der Waals surface area (Å²) in [6.45, 7) is 2.69. The summed E-state index contributed by atoms with van der Waals surface area (Å²) in [5.74, 6) is -0.240. The van der Waals surface area contributed by atoms with Crippen LogP contribution in [0.4, 0.5) is 0 Å². The maximum Gasteiger partial charge on any atom is 0.306 e. The average molecular weight is 365 g/mol. The summed E-state index contributed by atoms with van der Waals surface area (Å²) < 4.78 is 10.8. The Morgan fingerprint density at radius 2 is 1.58 bits per heavy atom. The van der Waals surface area contributed by atoms with Crippen LogP contribution in [0, 0.1) is 0 Å². The number of hydrogen-bond acceptors (Lipinski definition) is 4. The minimum Gasteiger partial charge on any atom is -0.457 e. The highest BCUT2D eigenvalue weighted by Crippen LogP contribution is 2.11. The lowest BCUT2D eigenvalue weighted by Crippen LogP contribution is -2.27. The van der Waals surface area contributed by atoms with Gasteiger partial charge >= 0.3 is 5.97 Å². The van der Waals surface area contributed by atoms with Gasteiger partial charge in [0.05, 0.1) is 19.8 Å². The highest BCUT2D eigenvalue weighted by atomic mass is 16.6. The van der Waals surface area contributed by atoms with Gasteiger partial charge in [0.2, 0.25) is 0 Å². The van der Waals surface area contributed by atoms with E-state index in [1.807, 2.05) is 30.3 Å². The molecule has 26 heavy (non-hydrogen) atoms. The van der Waals surface area contributed by atoms with Crippen LogP contribution in [0.1, 0.15) is 76.7 Å². The number of benzene rings is 1. The van der Waals surface area contributed by atoms with Crippen molar-refractivity contribution in [2.75, 3.05) is 13.2 Å². The number of rotatable bonds is 16. The van der Waals surface area contributed by atoms with Crippen molar-refractivity contribution in [1.29, 1.82) is 0 Å². The SMILES string of the molecule is CCCCCCCCCCCC(=O)OC(CO)COCc1ccccc1. The van der Waals surface area contributed by atoms with Crippen LogP contribution in [-0.2, 0) is 20.9 Å². The molecule has 1 aromatic carbocycles. The van der Waals surface area contributed by atoms with E-state index in [0.717, 1.165) is 18.4 Å². The minimum atomic E-state index is -0.579. The van der Waals surface area contributed by atoms with Gasteiger partial charge in [-0.3, -0.25) is 4.79 Å².